The van der Waals surface area contributed by atoms with Crippen LogP contribution in [0.2, 0.25) is 10.0 Å². The van der Waals surface area contributed by atoms with E-state index in [4.69, 9.17) is 33.3 Å². The number of nitrogens with zero attached hydrogens (tertiary/aromatic N) is 4. The molecule has 3 aromatic heterocycles. The van der Waals surface area contributed by atoms with Crippen molar-refractivity contribution in [2.75, 3.05) is 30.4 Å². The number of halogens is 2. The van der Waals surface area contributed by atoms with Crippen LogP contribution in [0.4, 0.5) is 10.9 Å². The molecule has 3 aromatic rings. The number of thiazole rings is 1. The summed E-state index contributed by atoms with van der Waals surface area (Å²) in [5.74, 6) is -0.707. The van der Waals surface area contributed by atoms with Crippen molar-refractivity contribution in [1.29, 1.82) is 0 Å². The van der Waals surface area contributed by atoms with Crippen LogP contribution in [0.1, 0.15) is 47.8 Å². The molecule has 4 heterocycles. The molecule has 4 rings (SSSR count). The monoisotopic (exact) mass is 567 g/mol. The number of pyridine rings is 1. The summed E-state index contributed by atoms with van der Waals surface area (Å²) >= 11 is 15.6. The van der Waals surface area contributed by atoms with Crippen molar-refractivity contribution in [3.05, 3.63) is 44.2 Å². The van der Waals surface area contributed by atoms with Gasteiger partial charge in [0.1, 0.15) is 5.82 Å². The van der Waals surface area contributed by atoms with Crippen molar-refractivity contribution >= 4 is 68.7 Å². The van der Waals surface area contributed by atoms with E-state index in [1.807, 2.05) is 11.4 Å². The summed E-state index contributed by atoms with van der Waals surface area (Å²) < 4.78 is 0. The number of nitrogens with one attached hydrogen (secondary N) is 1. The first kappa shape index (κ1) is 26.8. The summed E-state index contributed by atoms with van der Waals surface area (Å²) in [4.78, 5) is 39.1. The molecule has 0 saturated carbocycles. The maximum absolute atomic E-state index is 13.0. The van der Waals surface area contributed by atoms with Gasteiger partial charge in [0, 0.05) is 49.1 Å². The van der Waals surface area contributed by atoms with Crippen LogP contribution in [-0.4, -0.2) is 58.0 Å². The quantitative estimate of drug-likeness (QED) is 0.305. The molecule has 192 valence electrons. The van der Waals surface area contributed by atoms with Gasteiger partial charge in [-0.15, -0.1) is 11.3 Å². The van der Waals surface area contributed by atoms with Crippen molar-refractivity contribution in [3.63, 3.8) is 0 Å². The molecule has 1 fully saturated rings. The number of hydrogen-bond acceptors (Lipinski definition) is 8. The smallest absolute Gasteiger partial charge is 0.303 e. The summed E-state index contributed by atoms with van der Waals surface area (Å²) in [6.45, 7) is 4.54. The van der Waals surface area contributed by atoms with E-state index < -0.39 is 5.97 Å². The van der Waals surface area contributed by atoms with Crippen LogP contribution in [0.3, 0.4) is 0 Å². The van der Waals surface area contributed by atoms with Gasteiger partial charge < -0.3 is 10.0 Å². The van der Waals surface area contributed by atoms with Crippen LogP contribution in [0.5, 0.6) is 0 Å². The molecule has 0 bridgehead atoms. The average molecular weight is 569 g/mol. The van der Waals surface area contributed by atoms with E-state index in [2.05, 4.69) is 22.1 Å². The third-order valence-corrected chi connectivity index (χ3v) is 8.60. The van der Waals surface area contributed by atoms with Crippen LogP contribution in [0.25, 0.3) is 10.6 Å². The molecule has 8 nitrogen and oxygen atoms in total. The number of carboxylic acids is 1. The van der Waals surface area contributed by atoms with Gasteiger partial charge >= 0.3 is 5.97 Å². The number of rotatable bonds is 10. The molecule has 1 aliphatic heterocycles. The number of likely N-dealkylation sites (tertiary alicyclic amines) is 1. The molecule has 1 amide bonds. The highest BCUT2D eigenvalue weighted by molar-refractivity contribution is 7.17. The molecule has 0 spiro atoms. The highest BCUT2D eigenvalue weighted by Gasteiger charge is 2.25. The number of aliphatic carboxylic acids is 1. The summed E-state index contributed by atoms with van der Waals surface area (Å²) in [5, 5.41) is 15.1. The largest absolute Gasteiger partial charge is 0.481 e. The predicted octanol–water partition coefficient (Wildman–Crippen LogP) is 6.11. The summed E-state index contributed by atoms with van der Waals surface area (Å²) in [5.41, 5.74) is 1.16. The molecular weight excluding hydrogens is 541 g/mol. The number of aromatic nitrogens is 2. The Balaban J connectivity index is 1.49. The van der Waals surface area contributed by atoms with Crippen LogP contribution >= 0.6 is 45.9 Å². The Bertz CT molecular complexity index is 1250. The molecule has 1 aliphatic rings. The van der Waals surface area contributed by atoms with Crippen molar-refractivity contribution < 1.29 is 14.7 Å². The molecular formula is C24H27Cl2N5O3S2. The van der Waals surface area contributed by atoms with Crippen LogP contribution < -0.4 is 10.2 Å². The van der Waals surface area contributed by atoms with Crippen LogP contribution in [0, 0.1) is 0 Å². The van der Waals surface area contributed by atoms with Gasteiger partial charge in [0.15, 0.2) is 5.13 Å². The number of anilines is 2. The van der Waals surface area contributed by atoms with E-state index >= 15 is 0 Å². The standard InChI is InChI=1S/C24H27Cl2N5O3S2/c1-14-5-3-8-31(14)12-19-21(18-10-16(25)13-35-18)28-24(36-19)29-23(34)15-9-17(26)22(27-11-15)30(2)7-4-6-20(32)33/h9-11,13-14H,3-8,12H2,1-2H3,(H,32,33)(H,28,29,34)/t14-/m1/s1. The molecule has 0 radical (unpaired) electrons. The van der Waals surface area contributed by atoms with Crippen LogP contribution in [0.15, 0.2) is 23.7 Å². The lowest BCUT2D eigenvalue weighted by molar-refractivity contribution is -0.137. The number of carboxylic acid groups (broad SMARTS) is 1. The molecule has 12 heteroatoms. The maximum atomic E-state index is 13.0. The van der Waals surface area contributed by atoms with Gasteiger partial charge in [-0.3, -0.25) is 19.8 Å². The topological polar surface area (TPSA) is 98.7 Å². The normalized spacial score (nSPS) is 15.8. The van der Waals surface area contributed by atoms with E-state index in [0.29, 0.717) is 45.6 Å². The first-order chi connectivity index (χ1) is 17.2. The maximum Gasteiger partial charge on any atom is 0.303 e. The van der Waals surface area contributed by atoms with Crippen molar-refractivity contribution in [2.24, 2.45) is 0 Å². The Labute approximate surface area is 227 Å². The van der Waals surface area contributed by atoms with Gasteiger partial charge in [-0.25, -0.2) is 9.97 Å². The highest BCUT2D eigenvalue weighted by atomic mass is 35.5. The van der Waals surface area contributed by atoms with Gasteiger partial charge in [-0.05, 0) is 44.9 Å². The Morgan fingerprint density at radius 1 is 1.33 bits per heavy atom. The van der Waals surface area contributed by atoms with Gasteiger partial charge in [0.25, 0.3) is 5.91 Å². The van der Waals surface area contributed by atoms with Gasteiger partial charge in [-0.1, -0.05) is 34.5 Å². The fraction of sp³-hybridized carbons (Fsp3) is 0.417. The minimum atomic E-state index is -0.847. The lowest BCUT2D eigenvalue weighted by atomic mass is 10.2. The Hall–Kier alpha value is -2.24. The van der Waals surface area contributed by atoms with Gasteiger partial charge in [0.05, 0.1) is 26.2 Å². The number of carbonyl (C=O) groups excluding carboxylic acids is 1. The first-order valence-electron chi connectivity index (χ1n) is 11.6. The lowest BCUT2D eigenvalue weighted by Crippen LogP contribution is -2.25. The molecule has 36 heavy (non-hydrogen) atoms. The SMILES string of the molecule is C[C@@H]1CCCN1Cc1sc(NC(=O)c2cnc(N(C)CCCC(=O)O)c(Cl)c2)nc1-c1cc(Cl)cs1. The highest BCUT2D eigenvalue weighted by Crippen LogP contribution is 2.38. The number of hydrogen-bond donors (Lipinski definition) is 2. The van der Waals surface area contributed by atoms with E-state index in [1.54, 1.807) is 18.0 Å². The van der Waals surface area contributed by atoms with Gasteiger partial charge in [0.2, 0.25) is 0 Å². The molecule has 1 atom stereocenters. The van der Waals surface area contributed by atoms with E-state index in [0.717, 1.165) is 28.5 Å². The predicted molar refractivity (Wildman–Crippen MR) is 147 cm³/mol. The summed E-state index contributed by atoms with van der Waals surface area (Å²) in [7, 11) is 1.78. The van der Waals surface area contributed by atoms with E-state index in [1.165, 1.54) is 41.7 Å². The zero-order valence-corrected chi connectivity index (χ0v) is 23.1. The second kappa shape index (κ2) is 11.9. The van der Waals surface area contributed by atoms with E-state index in [-0.39, 0.29) is 12.3 Å². The number of carbonyl (C=O) groups is 2. The Morgan fingerprint density at radius 2 is 2.14 bits per heavy atom. The summed E-state index contributed by atoms with van der Waals surface area (Å²) in [6, 6.07) is 3.98. The Kier molecular flexibility index (Phi) is 8.84. The summed E-state index contributed by atoms with van der Waals surface area (Å²) in [6.07, 6.45) is 4.36. The second-order valence-corrected chi connectivity index (χ2v) is 11.6. The fourth-order valence-electron chi connectivity index (χ4n) is 4.13. The lowest BCUT2D eigenvalue weighted by Gasteiger charge is -2.20. The van der Waals surface area contributed by atoms with Crippen molar-refractivity contribution in [3.8, 4) is 10.6 Å². The molecule has 0 aliphatic carbocycles. The van der Waals surface area contributed by atoms with Crippen LogP contribution in [-0.2, 0) is 11.3 Å². The third kappa shape index (κ3) is 6.54. The zero-order chi connectivity index (χ0) is 25.8. The van der Waals surface area contributed by atoms with E-state index in [9.17, 15) is 9.59 Å². The fourth-order valence-corrected chi connectivity index (χ4v) is 6.60. The third-order valence-electron chi connectivity index (χ3n) is 6.09. The minimum Gasteiger partial charge on any atom is -0.481 e. The number of amides is 1. The molecule has 1 saturated heterocycles. The second-order valence-electron chi connectivity index (χ2n) is 8.78. The Morgan fingerprint density at radius 3 is 2.78 bits per heavy atom. The molecule has 2 N–H and O–H groups in total. The number of thiophene rings is 1. The molecule has 0 unspecified atom stereocenters. The van der Waals surface area contributed by atoms with Crippen molar-refractivity contribution in [2.45, 2.75) is 45.2 Å². The van der Waals surface area contributed by atoms with Crippen molar-refractivity contribution in [1.82, 2.24) is 14.9 Å². The zero-order valence-electron chi connectivity index (χ0n) is 20.0. The average Bonchev–Trinajstić information content (AvgIpc) is 3.54. The first-order valence-corrected chi connectivity index (χ1v) is 14.0. The van der Waals surface area contributed by atoms with Gasteiger partial charge in [-0.2, -0.15) is 0 Å². The minimum absolute atomic E-state index is 0.0641. The molecule has 0 aromatic carbocycles.